The van der Waals surface area contributed by atoms with E-state index in [0.29, 0.717) is 13.2 Å². The van der Waals surface area contributed by atoms with Crippen molar-refractivity contribution in [3.8, 4) is 0 Å². The van der Waals surface area contributed by atoms with Crippen molar-refractivity contribution >= 4 is 11.9 Å². The molecule has 1 N–H and O–H groups in total. The first-order valence-corrected chi connectivity index (χ1v) is 6.90. The SMILES string of the molecule is O=C(O)[C@H]1COCCN1C(=O)COCCc1ccccc1. The van der Waals surface area contributed by atoms with Gasteiger partial charge in [-0.25, -0.2) is 4.79 Å². The summed E-state index contributed by atoms with van der Waals surface area (Å²) in [5.41, 5.74) is 1.14. The van der Waals surface area contributed by atoms with Crippen LogP contribution in [0.2, 0.25) is 0 Å². The predicted octanol–water partition coefficient (Wildman–Crippen LogP) is 0.558. The number of hydrogen-bond acceptors (Lipinski definition) is 4. The number of nitrogens with zero attached hydrogens (tertiary/aromatic N) is 1. The Hall–Kier alpha value is -1.92. The first-order chi connectivity index (χ1) is 10.2. The monoisotopic (exact) mass is 293 g/mol. The second-order valence-corrected chi connectivity index (χ2v) is 4.80. The van der Waals surface area contributed by atoms with Crippen LogP contribution >= 0.6 is 0 Å². The van der Waals surface area contributed by atoms with E-state index in [2.05, 4.69) is 0 Å². The van der Waals surface area contributed by atoms with Crippen LogP contribution in [0.15, 0.2) is 30.3 Å². The van der Waals surface area contributed by atoms with Crippen LogP contribution < -0.4 is 0 Å². The molecule has 0 unspecified atom stereocenters. The topological polar surface area (TPSA) is 76.1 Å². The molecule has 0 radical (unpaired) electrons. The Morgan fingerprint density at radius 1 is 1.33 bits per heavy atom. The fourth-order valence-corrected chi connectivity index (χ4v) is 2.18. The number of aliphatic carboxylic acids is 1. The van der Waals surface area contributed by atoms with Crippen LogP contribution in [-0.2, 0) is 25.5 Å². The van der Waals surface area contributed by atoms with Gasteiger partial charge in [0.1, 0.15) is 6.61 Å². The molecule has 0 spiro atoms. The molecule has 1 amide bonds. The predicted molar refractivity (Wildman–Crippen MR) is 74.9 cm³/mol. The van der Waals surface area contributed by atoms with Crippen LogP contribution in [0.1, 0.15) is 5.56 Å². The lowest BCUT2D eigenvalue weighted by Gasteiger charge is -2.32. The van der Waals surface area contributed by atoms with Gasteiger partial charge in [0.15, 0.2) is 6.04 Å². The summed E-state index contributed by atoms with van der Waals surface area (Å²) in [4.78, 5) is 24.4. The lowest BCUT2D eigenvalue weighted by atomic mass is 10.2. The standard InChI is InChI=1S/C15H19NO5/c17-14(16-7-9-21-10-13(16)15(18)19)11-20-8-6-12-4-2-1-3-5-12/h1-5,13H,6-11H2,(H,18,19)/t13-/m1/s1. The molecule has 6 nitrogen and oxygen atoms in total. The third-order valence-corrected chi connectivity index (χ3v) is 3.34. The van der Waals surface area contributed by atoms with Gasteiger partial charge in [0.2, 0.25) is 5.91 Å². The van der Waals surface area contributed by atoms with Crippen LogP contribution in [-0.4, -0.2) is 60.9 Å². The normalized spacial score (nSPS) is 18.5. The number of hydrogen-bond donors (Lipinski definition) is 1. The van der Waals surface area contributed by atoms with E-state index >= 15 is 0 Å². The van der Waals surface area contributed by atoms with Gasteiger partial charge in [-0.05, 0) is 12.0 Å². The molecule has 2 rings (SSSR count). The van der Waals surface area contributed by atoms with Crippen LogP contribution in [0.3, 0.4) is 0 Å². The minimum absolute atomic E-state index is 0.0328. The van der Waals surface area contributed by atoms with E-state index in [-0.39, 0.29) is 25.7 Å². The maximum Gasteiger partial charge on any atom is 0.328 e. The Labute approximate surface area is 123 Å². The second kappa shape index (κ2) is 7.75. The number of morpholine rings is 1. The van der Waals surface area contributed by atoms with Crippen molar-refractivity contribution < 1.29 is 24.2 Å². The van der Waals surface area contributed by atoms with Crippen molar-refractivity contribution in [1.29, 1.82) is 0 Å². The smallest absolute Gasteiger partial charge is 0.328 e. The zero-order valence-corrected chi connectivity index (χ0v) is 11.7. The van der Waals surface area contributed by atoms with E-state index in [0.717, 1.165) is 12.0 Å². The molecule has 114 valence electrons. The Morgan fingerprint density at radius 3 is 2.81 bits per heavy atom. The van der Waals surface area contributed by atoms with E-state index in [1.54, 1.807) is 0 Å². The molecule has 1 aromatic carbocycles. The summed E-state index contributed by atoms with van der Waals surface area (Å²) in [6.45, 7) is 1.01. The number of benzene rings is 1. The summed E-state index contributed by atoms with van der Waals surface area (Å²) in [5, 5.41) is 9.06. The molecular formula is C15H19NO5. The van der Waals surface area contributed by atoms with E-state index in [9.17, 15) is 9.59 Å². The summed E-state index contributed by atoms with van der Waals surface area (Å²) in [6, 6.07) is 8.92. The number of carboxylic acids is 1. The highest BCUT2D eigenvalue weighted by atomic mass is 16.5. The van der Waals surface area contributed by atoms with Gasteiger partial charge in [-0.1, -0.05) is 30.3 Å². The van der Waals surface area contributed by atoms with Gasteiger partial charge in [0.25, 0.3) is 0 Å². The van der Waals surface area contributed by atoms with Crippen LogP contribution in [0.5, 0.6) is 0 Å². The molecular weight excluding hydrogens is 274 g/mol. The Bertz CT molecular complexity index is 476. The molecule has 0 bridgehead atoms. The van der Waals surface area contributed by atoms with Crippen LogP contribution in [0.4, 0.5) is 0 Å². The van der Waals surface area contributed by atoms with Crippen molar-refractivity contribution in [2.75, 3.05) is 33.0 Å². The molecule has 1 aromatic rings. The lowest BCUT2D eigenvalue weighted by molar-refractivity contribution is -0.160. The van der Waals surface area contributed by atoms with Gasteiger partial charge in [0, 0.05) is 6.54 Å². The molecule has 1 heterocycles. The molecule has 1 atom stereocenters. The number of ether oxygens (including phenoxy) is 2. The van der Waals surface area contributed by atoms with Gasteiger partial charge in [-0.15, -0.1) is 0 Å². The second-order valence-electron chi connectivity index (χ2n) is 4.80. The Morgan fingerprint density at radius 2 is 2.10 bits per heavy atom. The molecule has 0 aliphatic carbocycles. The number of carbonyl (C=O) groups excluding carboxylic acids is 1. The lowest BCUT2D eigenvalue weighted by Crippen LogP contribution is -2.53. The fraction of sp³-hybridized carbons (Fsp3) is 0.467. The van der Waals surface area contributed by atoms with Crippen molar-refractivity contribution in [1.82, 2.24) is 4.90 Å². The molecule has 0 saturated carbocycles. The summed E-state index contributed by atoms with van der Waals surface area (Å²) < 4.78 is 10.4. The maximum absolute atomic E-state index is 12.0. The van der Waals surface area contributed by atoms with Crippen molar-refractivity contribution in [3.63, 3.8) is 0 Å². The van der Waals surface area contributed by atoms with Crippen molar-refractivity contribution in [2.45, 2.75) is 12.5 Å². The largest absolute Gasteiger partial charge is 0.480 e. The molecule has 6 heteroatoms. The zero-order valence-electron chi connectivity index (χ0n) is 11.7. The quantitative estimate of drug-likeness (QED) is 0.776. The minimum atomic E-state index is -1.05. The average molecular weight is 293 g/mol. The first-order valence-electron chi connectivity index (χ1n) is 6.90. The zero-order chi connectivity index (χ0) is 15.1. The number of carboxylic acid groups (broad SMARTS) is 1. The van der Waals surface area contributed by atoms with E-state index in [1.165, 1.54) is 4.90 Å². The average Bonchev–Trinajstić information content (AvgIpc) is 2.52. The molecule has 1 saturated heterocycles. The summed E-state index contributed by atoms with van der Waals surface area (Å²) in [5.74, 6) is -1.36. The van der Waals surface area contributed by atoms with Gasteiger partial charge in [-0.2, -0.15) is 0 Å². The van der Waals surface area contributed by atoms with Crippen LogP contribution in [0.25, 0.3) is 0 Å². The number of carbonyl (C=O) groups is 2. The van der Waals surface area contributed by atoms with Gasteiger partial charge < -0.3 is 19.5 Å². The third-order valence-electron chi connectivity index (χ3n) is 3.34. The highest BCUT2D eigenvalue weighted by Gasteiger charge is 2.32. The maximum atomic E-state index is 12.0. The van der Waals surface area contributed by atoms with Gasteiger partial charge in [-0.3, -0.25) is 4.79 Å². The Kier molecular flexibility index (Phi) is 5.71. The molecule has 1 aliphatic heterocycles. The van der Waals surface area contributed by atoms with E-state index < -0.39 is 12.0 Å². The molecule has 0 aromatic heterocycles. The fourth-order valence-electron chi connectivity index (χ4n) is 2.18. The molecule has 21 heavy (non-hydrogen) atoms. The molecule has 1 fully saturated rings. The number of amides is 1. The highest BCUT2D eigenvalue weighted by molar-refractivity contribution is 5.84. The minimum Gasteiger partial charge on any atom is -0.480 e. The van der Waals surface area contributed by atoms with Crippen molar-refractivity contribution in [2.24, 2.45) is 0 Å². The highest BCUT2D eigenvalue weighted by Crippen LogP contribution is 2.08. The van der Waals surface area contributed by atoms with E-state index in [4.69, 9.17) is 14.6 Å². The van der Waals surface area contributed by atoms with Crippen LogP contribution in [0, 0.1) is 0 Å². The first kappa shape index (κ1) is 15.5. The van der Waals surface area contributed by atoms with Gasteiger partial charge in [0.05, 0.1) is 19.8 Å². The van der Waals surface area contributed by atoms with Gasteiger partial charge >= 0.3 is 5.97 Å². The Balaban J connectivity index is 1.74. The number of rotatable bonds is 6. The van der Waals surface area contributed by atoms with E-state index in [1.807, 2.05) is 30.3 Å². The summed E-state index contributed by atoms with van der Waals surface area (Å²) >= 11 is 0. The van der Waals surface area contributed by atoms with Crippen molar-refractivity contribution in [3.05, 3.63) is 35.9 Å². The third kappa shape index (κ3) is 4.54. The summed E-state index contributed by atoms with van der Waals surface area (Å²) in [6.07, 6.45) is 0.722. The summed E-state index contributed by atoms with van der Waals surface area (Å²) in [7, 11) is 0. The molecule has 1 aliphatic rings.